The van der Waals surface area contributed by atoms with Crippen molar-refractivity contribution in [2.45, 2.75) is 19.8 Å². The fourth-order valence-corrected chi connectivity index (χ4v) is 2.75. The van der Waals surface area contributed by atoms with Crippen molar-refractivity contribution in [2.24, 2.45) is 0 Å². The first-order chi connectivity index (χ1) is 8.68. The lowest BCUT2D eigenvalue weighted by Gasteiger charge is -2.13. The van der Waals surface area contributed by atoms with Crippen LogP contribution in [0.1, 0.15) is 24.6 Å². The lowest BCUT2D eigenvalue weighted by molar-refractivity contribution is 0.0927. The molecule has 3 rings (SSSR count). The number of hydrogen-bond acceptors (Lipinski definition) is 3. The molecule has 0 N–H and O–H groups in total. The van der Waals surface area contributed by atoms with Crippen LogP contribution in [-0.4, -0.2) is 28.8 Å². The first kappa shape index (κ1) is 11.5. The molecule has 1 aliphatic heterocycles. The van der Waals surface area contributed by atoms with E-state index in [4.69, 9.17) is 11.6 Å². The van der Waals surface area contributed by atoms with Gasteiger partial charge in [0, 0.05) is 25.4 Å². The van der Waals surface area contributed by atoms with Crippen LogP contribution in [0, 0.1) is 0 Å². The zero-order valence-electron chi connectivity index (χ0n) is 10.2. The van der Waals surface area contributed by atoms with E-state index in [1.165, 1.54) is 24.4 Å². The van der Waals surface area contributed by atoms with Gasteiger partial charge >= 0.3 is 0 Å². The number of carbonyl (C=O) groups is 1. The van der Waals surface area contributed by atoms with Crippen molar-refractivity contribution in [3.05, 3.63) is 23.2 Å². The van der Waals surface area contributed by atoms with Crippen LogP contribution in [0.25, 0.3) is 10.9 Å². The van der Waals surface area contributed by atoms with E-state index in [1.54, 1.807) is 6.07 Å². The van der Waals surface area contributed by atoms with E-state index in [-0.39, 0.29) is 5.91 Å². The van der Waals surface area contributed by atoms with Gasteiger partial charge in [0.2, 0.25) is 5.91 Å². The van der Waals surface area contributed by atoms with Crippen LogP contribution in [0.15, 0.2) is 18.2 Å². The fraction of sp³-hybridized carbons (Fsp3) is 0.385. The first-order valence-electron chi connectivity index (χ1n) is 6.11. The van der Waals surface area contributed by atoms with Crippen molar-refractivity contribution in [1.29, 1.82) is 0 Å². The molecule has 94 valence electrons. The molecule has 0 aliphatic carbocycles. The van der Waals surface area contributed by atoms with E-state index in [0.717, 1.165) is 24.3 Å². The Morgan fingerprint density at radius 3 is 2.72 bits per heavy atom. The predicted molar refractivity (Wildman–Crippen MR) is 72.5 cm³/mol. The minimum atomic E-state index is -0.112. The summed E-state index contributed by atoms with van der Waals surface area (Å²) < 4.78 is 1.41. The number of nitrogens with zero attached hydrogens (tertiary/aromatic N) is 3. The highest BCUT2D eigenvalue weighted by molar-refractivity contribution is 6.35. The number of halogens is 1. The van der Waals surface area contributed by atoms with Gasteiger partial charge < -0.3 is 4.90 Å². The smallest absolute Gasteiger partial charge is 0.244 e. The zero-order valence-corrected chi connectivity index (χ0v) is 10.9. The number of carbonyl (C=O) groups excluding carboxylic acids is 1. The van der Waals surface area contributed by atoms with Gasteiger partial charge in [-0.1, -0.05) is 17.7 Å². The third-order valence-corrected chi connectivity index (χ3v) is 3.64. The molecule has 0 atom stereocenters. The Hall–Kier alpha value is -1.55. The molecule has 1 fully saturated rings. The number of fused-ring (bicyclic) bond motifs is 1. The molecule has 1 aromatic carbocycles. The summed E-state index contributed by atoms with van der Waals surface area (Å²) in [6, 6.07) is 5.66. The maximum Gasteiger partial charge on any atom is 0.244 e. The molecule has 0 radical (unpaired) electrons. The lowest BCUT2D eigenvalue weighted by atomic mass is 10.2. The number of anilines is 1. The van der Waals surface area contributed by atoms with Gasteiger partial charge in [-0.3, -0.25) is 4.79 Å². The molecular formula is C13H14ClN3O. The van der Waals surface area contributed by atoms with E-state index in [2.05, 4.69) is 10.00 Å². The average molecular weight is 264 g/mol. The van der Waals surface area contributed by atoms with Gasteiger partial charge in [-0.2, -0.15) is 4.68 Å². The number of para-hydroxylation sites is 1. The Labute approximate surface area is 110 Å². The molecule has 0 saturated carbocycles. The molecule has 1 aliphatic rings. The highest BCUT2D eigenvalue weighted by atomic mass is 35.5. The Balaban J connectivity index is 2.26. The largest absolute Gasteiger partial charge is 0.355 e. The van der Waals surface area contributed by atoms with Crippen molar-refractivity contribution >= 4 is 34.2 Å². The molecule has 0 unspecified atom stereocenters. The highest BCUT2D eigenvalue weighted by Crippen LogP contribution is 2.32. The van der Waals surface area contributed by atoms with Gasteiger partial charge in [0.1, 0.15) is 0 Å². The molecule has 0 amide bonds. The molecule has 0 spiro atoms. The quantitative estimate of drug-likeness (QED) is 0.794. The van der Waals surface area contributed by atoms with E-state index < -0.39 is 0 Å². The fourth-order valence-electron chi connectivity index (χ4n) is 2.50. The molecule has 5 heteroatoms. The minimum absolute atomic E-state index is 0.112. The second kappa shape index (κ2) is 4.28. The lowest BCUT2D eigenvalue weighted by Crippen LogP contribution is -2.19. The second-order valence-corrected chi connectivity index (χ2v) is 4.99. The third kappa shape index (κ3) is 1.68. The molecule has 2 heterocycles. The van der Waals surface area contributed by atoms with Gasteiger partial charge in [0.25, 0.3) is 0 Å². The summed E-state index contributed by atoms with van der Waals surface area (Å²) >= 11 is 6.19. The van der Waals surface area contributed by atoms with Crippen molar-refractivity contribution in [3.63, 3.8) is 0 Å². The summed E-state index contributed by atoms with van der Waals surface area (Å²) in [5.74, 6) is 0.763. The Morgan fingerprint density at radius 1 is 1.33 bits per heavy atom. The Bertz CT molecular complexity index is 614. The molecule has 1 aromatic heterocycles. The van der Waals surface area contributed by atoms with Crippen molar-refractivity contribution < 1.29 is 4.79 Å². The predicted octanol–water partition coefficient (Wildman–Crippen LogP) is 2.95. The summed E-state index contributed by atoms with van der Waals surface area (Å²) in [7, 11) is 0. The first-order valence-corrected chi connectivity index (χ1v) is 6.49. The van der Waals surface area contributed by atoms with Gasteiger partial charge in [-0.15, -0.1) is 5.10 Å². The number of benzene rings is 1. The highest BCUT2D eigenvalue weighted by Gasteiger charge is 2.22. The van der Waals surface area contributed by atoms with Gasteiger partial charge in [-0.25, -0.2) is 0 Å². The van der Waals surface area contributed by atoms with E-state index in [1.807, 2.05) is 12.1 Å². The normalized spacial score (nSPS) is 15.6. The van der Waals surface area contributed by atoms with E-state index >= 15 is 0 Å². The number of hydrogen-bond donors (Lipinski definition) is 0. The van der Waals surface area contributed by atoms with E-state index in [0.29, 0.717) is 10.5 Å². The topological polar surface area (TPSA) is 38.1 Å². The summed E-state index contributed by atoms with van der Waals surface area (Å²) in [5.41, 5.74) is 0.716. The van der Waals surface area contributed by atoms with Crippen molar-refractivity contribution in [1.82, 2.24) is 9.78 Å². The summed E-state index contributed by atoms with van der Waals surface area (Å²) in [4.78, 5) is 13.9. The average Bonchev–Trinajstić information content (AvgIpc) is 2.95. The Kier molecular flexibility index (Phi) is 2.74. The number of rotatable bonds is 1. The van der Waals surface area contributed by atoms with Crippen LogP contribution in [0.3, 0.4) is 0 Å². The van der Waals surface area contributed by atoms with E-state index in [9.17, 15) is 4.79 Å². The van der Waals surface area contributed by atoms with Crippen molar-refractivity contribution in [2.75, 3.05) is 18.0 Å². The third-order valence-electron chi connectivity index (χ3n) is 3.34. The maximum absolute atomic E-state index is 11.7. The van der Waals surface area contributed by atoms with Gasteiger partial charge in [-0.05, 0) is 25.0 Å². The Morgan fingerprint density at radius 2 is 2.06 bits per heavy atom. The van der Waals surface area contributed by atoms with Crippen LogP contribution in [0.5, 0.6) is 0 Å². The van der Waals surface area contributed by atoms with Gasteiger partial charge in [0.05, 0.1) is 10.5 Å². The SMILES string of the molecule is CC(=O)n1nc(N2CCCC2)c2cccc(Cl)c21. The standard InChI is InChI=1S/C13H14ClN3O/c1-9(18)17-12-10(5-4-6-11(12)14)13(15-17)16-7-2-3-8-16/h4-6H,2-3,7-8H2,1H3. The zero-order chi connectivity index (χ0) is 12.7. The summed E-state index contributed by atoms with van der Waals surface area (Å²) in [5, 5.41) is 5.97. The molecular weight excluding hydrogens is 250 g/mol. The molecule has 18 heavy (non-hydrogen) atoms. The second-order valence-electron chi connectivity index (χ2n) is 4.58. The van der Waals surface area contributed by atoms with Crippen LogP contribution < -0.4 is 4.90 Å². The molecule has 2 aromatic rings. The van der Waals surface area contributed by atoms with Crippen LogP contribution in [0.4, 0.5) is 5.82 Å². The number of aromatic nitrogens is 2. The van der Waals surface area contributed by atoms with Crippen LogP contribution in [0.2, 0.25) is 5.02 Å². The van der Waals surface area contributed by atoms with Crippen LogP contribution in [-0.2, 0) is 0 Å². The summed E-state index contributed by atoms with van der Waals surface area (Å²) in [6.07, 6.45) is 2.35. The van der Waals surface area contributed by atoms with Crippen molar-refractivity contribution in [3.8, 4) is 0 Å². The van der Waals surface area contributed by atoms with Gasteiger partial charge in [0.15, 0.2) is 5.82 Å². The molecule has 1 saturated heterocycles. The molecule has 0 bridgehead atoms. The molecule has 4 nitrogen and oxygen atoms in total. The monoisotopic (exact) mass is 263 g/mol. The summed E-state index contributed by atoms with van der Waals surface area (Å²) in [6.45, 7) is 3.50. The maximum atomic E-state index is 11.7. The van der Waals surface area contributed by atoms with Crippen LogP contribution >= 0.6 is 11.6 Å². The minimum Gasteiger partial charge on any atom is -0.355 e.